The van der Waals surface area contributed by atoms with Crippen molar-refractivity contribution in [3.05, 3.63) is 54.6 Å². The zero-order valence-electron chi connectivity index (χ0n) is 15.0. The van der Waals surface area contributed by atoms with Crippen molar-refractivity contribution in [1.29, 1.82) is 0 Å². The van der Waals surface area contributed by atoms with Gasteiger partial charge in [0.2, 0.25) is 0 Å². The van der Waals surface area contributed by atoms with Gasteiger partial charge in [-0.05, 0) is 36.4 Å². The molecule has 0 aromatic heterocycles. The summed E-state index contributed by atoms with van der Waals surface area (Å²) in [6, 6.07) is 14.3. The molecule has 0 heterocycles. The smallest absolute Gasteiger partial charge is 0.323 e. The van der Waals surface area contributed by atoms with Gasteiger partial charge in [-0.3, -0.25) is 4.79 Å². The molecule has 0 radical (unpaired) electrons. The van der Waals surface area contributed by atoms with Crippen LogP contribution in [-0.2, 0) is 19.4 Å². The molecule has 2 rings (SSSR count). The van der Waals surface area contributed by atoms with Crippen LogP contribution in [-0.4, -0.2) is 33.3 Å². The highest BCUT2D eigenvalue weighted by atomic mass is 32.2. The Labute approximate surface area is 153 Å². The summed E-state index contributed by atoms with van der Waals surface area (Å²) in [6.45, 7) is 3.25. The first kappa shape index (κ1) is 19.9. The highest BCUT2D eigenvalue weighted by molar-refractivity contribution is 7.91. The topological polar surface area (TPSA) is 95.7 Å². The van der Waals surface area contributed by atoms with Gasteiger partial charge in [0.05, 0.1) is 17.8 Å². The summed E-state index contributed by atoms with van der Waals surface area (Å²) in [5.74, 6) is 0.264. The molecule has 0 fully saturated rings. The Hall–Kier alpha value is -2.38. The van der Waals surface area contributed by atoms with E-state index in [-0.39, 0.29) is 10.6 Å². The molecule has 2 aromatic rings. The van der Waals surface area contributed by atoms with Crippen LogP contribution in [0.5, 0.6) is 11.5 Å². The van der Waals surface area contributed by atoms with Crippen molar-refractivity contribution in [2.75, 3.05) is 12.9 Å². The highest BCUT2D eigenvalue weighted by Crippen LogP contribution is 2.28. The predicted molar refractivity (Wildman–Crippen MR) is 98.8 cm³/mol. The van der Waals surface area contributed by atoms with E-state index in [1.165, 1.54) is 19.2 Å². The zero-order valence-corrected chi connectivity index (χ0v) is 15.8. The van der Waals surface area contributed by atoms with Gasteiger partial charge in [-0.2, -0.15) is 0 Å². The summed E-state index contributed by atoms with van der Waals surface area (Å²) in [4.78, 5) is 11.8. The first-order chi connectivity index (χ1) is 12.2. The molecule has 2 aromatic carbocycles. The highest BCUT2D eigenvalue weighted by Gasteiger charge is 2.37. The SMILES string of the molecule is COC(=O)C(N)C(C)(C)CS(=O)(=O)c1ccc(Oc2ccccc2)cc1. The molecule has 140 valence electrons. The van der Waals surface area contributed by atoms with Gasteiger partial charge in [-0.15, -0.1) is 0 Å². The van der Waals surface area contributed by atoms with E-state index in [0.717, 1.165) is 0 Å². The third-order valence-electron chi connectivity index (χ3n) is 4.02. The van der Waals surface area contributed by atoms with Crippen LogP contribution >= 0.6 is 0 Å². The van der Waals surface area contributed by atoms with Crippen LogP contribution in [0.15, 0.2) is 59.5 Å². The predicted octanol–water partition coefficient (Wildman–Crippen LogP) is 2.78. The van der Waals surface area contributed by atoms with Crippen molar-refractivity contribution < 1.29 is 22.7 Å². The number of nitrogens with two attached hydrogens (primary N) is 1. The lowest BCUT2D eigenvalue weighted by atomic mass is 9.87. The molecular formula is C19H23NO5S. The molecule has 0 saturated carbocycles. The fourth-order valence-corrected chi connectivity index (χ4v) is 4.32. The van der Waals surface area contributed by atoms with E-state index in [1.54, 1.807) is 38.1 Å². The quantitative estimate of drug-likeness (QED) is 0.746. The molecule has 0 spiro atoms. The van der Waals surface area contributed by atoms with Crippen LogP contribution in [0.1, 0.15) is 13.8 Å². The molecule has 0 saturated heterocycles. The van der Waals surface area contributed by atoms with Gasteiger partial charge in [0, 0.05) is 5.41 Å². The molecular weight excluding hydrogens is 354 g/mol. The average Bonchev–Trinajstić information content (AvgIpc) is 2.61. The Morgan fingerprint density at radius 2 is 1.58 bits per heavy atom. The number of hydrogen-bond acceptors (Lipinski definition) is 6. The van der Waals surface area contributed by atoms with Crippen molar-refractivity contribution in [2.45, 2.75) is 24.8 Å². The third kappa shape index (κ3) is 4.83. The van der Waals surface area contributed by atoms with Gasteiger partial charge < -0.3 is 15.2 Å². The maximum atomic E-state index is 12.7. The summed E-state index contributed by atoms with van der Waals surface area (Å²) in [5, 5.41) is 0. The standard InChI is InChI=1S/C19H23NO5S/c1-19(2,17(20)18(21)24-3)13-26(22,23)16-11-9-15(10-12-16)25-14-7-5-4-6-8-14/h4-12,17H,13,20H2,1-3H3. The molecule has 0 aliphatic rings. The Balaban J connectivity index is 2.15. The van der Waals surface area contributed by atoms with Gasteiger partial charge in [-0.25, -0.2) is 8.42 Å². The fourth-order valence-electron chi connectivity index (χ4n) is 2.45. The largest absolute Gasteiger partial charge is 0.468 e. The van der Waals surface area contributed by atoms with E-state index in [0.29, 0.717) is 11.5 Å². The van der Waals surface area contributed by atoms with E-state index in [9.17, 15) is 13.2 Å². The lowest BCUT2D eigenvalue weighted by molar-refractivity contribution is -0.144. The van der Waals surface area contributed by atoms with Crippen LogP contribution < -0.4 is 10.5 Å². The number of para-hydroxylation sites is 1. The monoisotopic (exact) mass is 377 g/mol. The van der Waals surface area contributed by atoms with Crippen LogP contribution in [0.25, 0.3) is 0 Å². The first-order valence-corrected chi connectivity index (χ1v) is 9.70. The Bertz CT molecular complexity index is 845. The molecule has 6 nitrogen and oxygen atoms in total. The second kappa shape index (κ2) is 7.88. The molecule has 0 aliphatic heterocycles. The summed E-state index contributed by atoms with van der Waals surface area (Å²) in [6.07, 6.45) is 0. The molecule has 26 heavy (non-hydrogen) atoms. The summed E-state index contributed by atoms with van der Waals surface area (Å²) >= 11 is 0. The van der Waals surface area contributed by atoms with Crippen LogP contribution in [0.4, 0.5) is 0 Å². The molecule has 0 amide bonds. The Morgan fingerprint density at radius 3 is 2.12 bits per heavy atom. The number of carbonyl (C=O) groups excluding carboxylic acids is 1. The molecule has 7 heteroatoms. The second-order valence-electron chi connectivity index (χ2n) is 6.64. The fraction of sp³-hybridized carbons (Fsp3) is 0.316. The summed E-state index contributed by atoms with van der Waals surface area (Å²) in [5.41, 5.74) is 4.86. The number of sulfone groups is 1. The van der Waals surface area contributed by atoms with Crippen molar-refractivity contribution in [3.63, 3.8) is 0 Å². The zero-order chi connectivity index (χ0) is 19.4. The van der Waals surface area contributed by atoms with E-state index in [4.69, 9.17) is 10.5 Å². The lowest BCUT2D eigenvalue weighted by Crippen LogP contribution is -2.48. The van der Waals surface area contributed by atoms with E-state index < -0.39 is 27.3 Å². The minimum atomic E-state index is -3.64. The van der Waals surface area contributed by atoms with E-state index in [1.807, 2.05) is 18.2 Å². The summed E-state index contributed by atoms with van der Waals surface area (Å²) < 4.78 is 35.6. The lowest BCUT2D eigenvalue weighted by Gasteiger charge is -2.29. The van der Waals surface area contributed by atoms with Gasteiger partial charge in [0.15, 0.2) is 9.84 Å². The maximum absolute atomic E-state index is 12.7. The average molecular weight is 377 g/mol. The van der Waals surface area contributed by atoms with Crippen molar-refractivity contribution in [1.82, 2.24) is 0 Å². The second-order valence-corrected chi connectivity index (χ2v) is 8.62. The Morgan fingerprint density at radius 1 is 1.04 bits per heavy atom. The molecule has 0 aliphatic carbocycles. The minimum absolute atomic E-state index is 0.142. The van der Waals surface area contributed by atoms with E-state index >= 15 is 0 Å². The van der Waals surface area contributed by atoms with Crippen molar-refractivity contribution in [2.24, 2.45) is 11.1 Å². The molecule has 1 atom stereocenters. The first-order valence-electron chi connectivity index (χ1n) is 8.05. The number of ether oxygens (including phenoxy) is 2. The summed E-state index contributed by atoms with van der Waals surface area (Å²) in [7, 11) is -2.42. The van der Waals surface area contributed by atoms with Gasteiger partial charge in [0.1, 0.15) is 17.5 Å². The van der Waals surface area contributed by atoms with E-state index in [2.05, 4.69) is 4.74 Å². The van der Waals surface area contributed by atoms with Gasteiger partial charge >= 0.3 is 5.97 Å². The maximum Gasteiger partial charge on any atom is 0.323 e. The molecule has 2 N–H and O–H groups in total. The molecule has 0 bridgehead atoms. The number of esters is 1. The van der Waals surface area contributed by atoms with Crippen LogP contribution in [0.2, 0.25) is 0 Å². The van der Waals surface area contributed by atoms with Crippen LogP contribution in [0.3, 0.4) is 0 Å². The normalized spacial score (nSPS) is 13.1. The van der Waals surface area contributed by atoms with Gasteiger partial charge in [0.25, 0.3) is 0 Å². The number of hydrogen-bond donors (Lipinski definition) is 1. The number of methoxy groups -OCH3 is 1. The van der Waals surface area contributed by atoms with Crippen LogP contribution in [0, 0.1) is 5.41 Å². The number of carbonyl (C=O) groups is 1. The minimum Gasteiger partial charge on any atom is -0.468 e. The number of benzene rings is 2. The van der Waals surface area contributed by atoms with Crippen molar-refractivity contribution in [3.8, 4) is 11.5 Å². The van der Waals surface area contributed by atoms with Crippen molar-refractivity contribution >= 4 is 15.8 Å². The Kier molecular flexibility index (Phi) is 6.05. The number of rotatable bonds is 7. The third-order valence-corrected chi connectivity index (χ3v) is 6.14. The molecule has 1 unspecified atom stereocenters. The van der Waals surface area contributed by atoms with Gasteiger partial charge in [-0.1, -0.05) is 32.0 Å².